The molecule has 0 heterocycles. The summed E-state index contributed by atoms with van der Waals surface area (Å²) >= 11 is 0. The molecule has 1 rings (SSSR count). The fourth-order valence-electron chi connectivity index (χ4n) is 1.76. The van der Waals surface area contributed by atoms with Crippen LogP contribution in [0.4, 0.5) is 0 Å². The lowest BCUT2D eigenvalue weighted by Crippen LogP contribution is -2.43. The van der Waals surface area contributed by atoms with Crippen molar-refractivity contribution in [3.8, 4) is 0 Å². The number of ether oxygens (including phenoxy) is 1. The molecule has 0 saturated heterocycles. The molecule has 1 aromatic rings. The quantitative estimate of drug-likeness (QED) is 0.587. The summed E-state index contributed by atoms with van der Waals surface area (Å²) in [6.45, 7) is 3.36. The van der Waals surface area contributed by atoms with Gasteiger partial charge in [0.05, 0.1) is 12.1 Å². The van der Waals surface area contributed by atoms with Crippen molar-refractivity contribution in [2.24, 2.45) is 0 Å². The third-order valence-corrected chi connectivity index (χ3v) is 3.02. The molecule has 0 aliphatic heterocycles. The highest BCUT2D eigenvalue weighted by Gasteiger charge is 2.14. The van der Waals surface area contributed by atoms with Gasteiger partial charge in [0, 0.05) is 26.8 Å². The van der Waals surface area contributed by atoms with Gasteiger partial charge in [-0.2, -0.15) is 0 Å². The van der Waals surface area contributed by atoms with Crippen LogP contribution in [0.1, 0.15) is 25.0 Å². The average Bonchev–Trinajstić information content (AvgIpc) is 2.49. The summed E-state index contributed by atoms with van der Waals surface area (Å²) in [5.74, 6) is -0.0682. The van der Waals surface area contributed by atoms with Crippen LogP contribution < -0.4 is 10.6 Å². The zero-order valence-corrected chi connectivity index (χ0v) is 12.1. The second-order valence-electron chi connectivity index (χ2n) is 4.69. The zero-order valence-electron chi connectivity index (χ0n) is 12.1. The van der Waals surface area contributed by atoms with Gasteiger partial charge in [-0.1, -0.05) is 30.3 Å². The third-order valence-electron chi connectivity index (χ3n) is 3.02. The zero-order chi connectivity index (χ0) is 14.8. The Balaban J connectivity index is 2.25. The van der Waals surface area contributed by atoms with E-state index in [1.54, 1.807) is 14.0 Å². The molecule has 0 aliphatic rings. The van der Waals surface area contributed by atoms with Crippen LogP contribution in [0, 0.1) is 0 Å². The van der Waals surface area contributed by atoms with E-state index >= 15 is 0 Å². The van der Waals surface area contributed by atoms with E-state index in [-0.39, 0.29) is 11.9 Å². The van der Waals surface area contributed by atoms with Gasteiger partial charge in [-0.15, -0.1) is 0 Å². The van der Waals surface area contributed by atoms with Crippen LogP contribution in [0.3, 0.4) is 0 Å². The number of amides is 1. The monoisotopic (exact) mass is 280 g/mol. The molecule has 1 aromatic carbocycles. The molecule has 0 saturated carbocycles. The van der Waals surface area contributed by atoms with Crippen LogP contribution in [0.5, 0.6) is 0 Å². The number of benzene rings is 1. The molecule has 0 radical (unpaired) electrons. The molecule has 2 unspecified atom stereocenters. The Labute approximate surface area is 120 Å². The molecule has 0 bridgehead atoms. The molecule has 5 nitrogen and oxygen atoms in total. The minimum absolute atomic E-state index is 0.0682. The van der Waals surface area contributed by atoms with Gasteiger partial charge in [-0.3, -0.25) is 4.79 Å². The van der Waals surface area contributed by atoms with Gasteiger partial charge >= 0.3 is 0 Å². The number of hydrogen-bond acceptors (Lipinski definition) is 4. The van der Waals surface area contributed by atoms with Gasteiger partial charge < -0.3 is 20.5 Å². The Morgan fingerprint density at radius 1 is 1.35 bits per heavy atom. The second-order valence-corrected chi connectivity index (χ2v) is 4.69. The van der Waals surface area contributed by atoms with E-state index in [0.29, 0.717) is 19.7 Å². The SMILES string of the molecule is COCCCNC(=O)C(C)NCC(O)c1ccccc1. The molecular formula is C15H24N2O3. The van der Waals surface area contributed by atoms with Crippen LogP contribution >= 0.6 is 0 Å². The topological polar surface area (TPSA) is 70.6 Å². The Hall–Kier alpha value is -1.43. The lowest BCUT2D eigenvalue weighted by molar-refractivity contribution is -0.122. The van der Waals surface area contributed by atoms with Crippen LogP contribution in [0.2, 0.25) is 0 Å². The second kappa shape index (κ2) is 9.47. The minimum atomic E-state index is -0.611. The summed E-state index contributed by atoms with van der Waals surface area (Å²) in [4.78, 5) is 11.8. The van der Waals surface area contributed by atoms with Crippen molar-refractivity contribution in [2.75, 3.05) is 26.8 Å². The van der Waals surface area contributed by atoms with Gasteiger partial charge in [0.25, 0.3) is 0 Å². The van der Waals surface area contributed by atoms with E-state index in [1.165, 1.54) is 0 Å². The molecule has 3 N–H and O–H groups in total. The van der Waals surface area contributed by atoms with E-state index in [4.69, 9.17) is 4.74 Å². The van der Waals surface area contributed by atoms with Crippen molar-refractivity contribution in [3.05, 3.63) is 35.9 Å². The molecule has 0 spiro atoms. The van der Waals surface area contributed by atoms with E-state index < -0.39 is 6.10 Å². The standard InChI is InChI=1S/C15H24N2O3/c1-12(15(19)16-9-6-10-20-2)17-11-14(18)13-7-4-3-5-8-13/h3-5,7-8,12,14,17-18H,6,9-11H2,1-2H3,(H,16,19). The first-order valence-electron chi connectivity index (χ1n) is 6.88. The Kier molecular flexibility index (Phi) is 7.87. The first-order chi connectivity index (χ1) is 9.65. The highest BCUT2D eigenvalue weighted by molar-refractivity contribution is 5.81. The Bertz CT molecular complexity index is 384. The molecular weight excluding hydrogens is 256 g/mol. The smallest absolute Gasteiger partial charge is 0.236 e. The molecule has 112 valence electrons. The van der Waals surface area contributed by atoms with Gasteiger partial charge in [0.1, 0.15) is 0 Å². The van der Waals surface area contributed by atoms with E-state index in [9.17, 15) is 9.90 Å². The number of carbonyl (C=O) groups is 1. The van der Waals surface area contributed by atoms with Gasteiger partial charge in [0.2, 0.25) is 5.91 Å². The Morgan fingerprint density at radius 2 is 2.05 bits per heavy atom. The molecule has 20 heavy (non-hydrogen) atoms. The van der Waals surface area contributed by atoms with Crippen LogP contribution in [-0.2, 0) is 9.53 Å². The molecule has 0 aliphatic carbocycles. The van der Waals surface area contributed by atoms with E-state index in [2.05, 4.69) is 10.6 Å². The molecule has 2 atom stereocenters. The van der Waals surface area contributed by atoms with Crippen molar-refractivity contribution < 1.29 is 14.6 Å². The largest absolute Gasteiger partial charge is 0.387 e. The normalized spacial score (nSPS) is 13.8. The first-order valence-corrected chi connectivity index (χ1v) is 6.88. The van der Waals surface area contributed by atoms with Crippen molar-refractivity contribution in [1.29, 1.82) is 0 Å². The first kappa shape index (κ1) is 16.6. The molecule has 5 heteroatoms. The van der Waals surface area contributed by atoms with Crippen molar-refractivity contribution in [3.63, 3.8) is 0 Å². The number of aliphatic hydroxyl groups is 1. The minimum Gasteiger partial charge on any atom is -0.387 e. The number of nitrogens with one attached hydrogen (secondary N) is 2. The summed E-state index contributed by atoms with van der Waals surface area (Å²) in [5.41, 5.74) is 0.840. The van der Waals surface area contributed by atoms with Crippen molar-refractivity contribution in [1.82, 2.24) is 10.6 Å². The van der Waals surface area contributed by atoms with Crippen molar-refractivity contribution in [2.45, 2.75) is 25.5 Å². The number of aliphatic hydroxyl groups excluding tert-OH is 1. The van der Waals surface area contributed by atoms with Crippen LogP contribution in [0.25, 0.3) is 0 Å². The molecule has 1 amide bonds. The highest BCUT2D eigenvalue weighted by atomic mass is 16.5. The highest BCUT2D eigenvalue weighted by Crippen LogP contribution is 2.10. The predicted molar refractivity (Wildman–Crippen MR) is 78.4 cm³/mol. The predicted octanol–water partition coefficient (Wildman–Crippen LogP) is 0.851. The lowest BCUT2D eigenvalue weighted by atomic mass is 10.1. The van der Waals surface area contributed by atoms with Gasteiger partial charge in [-0.25, -0.2) is 0 Å². The maximum Gasteiger partial charge on any atom is 0.236 e. The fraction of sp³-hybridized carbons (Fsp3) is 0.533. The number of methoxy groups -OCH3 is 1. The fourth-order valence-corrected chi connectivity index (χ4v) is 1.76. The number of hydrogen-bond donors (Lipinski definition) is 3. The van der Waals surface area contributed by atoms with Crippen molar-refractivity contribution >= 4 is 5.91 Å². The lowest BCUT2D eigenvalue weighted by Gasteiger charge is -2.17. The summed E-state index contributed by atoms with van der Waals surface area (Å²) in [7, 11) is 1.64. The maximum absolute atomic E-state index is 11.8. The summed E-state index contributed by atoms with van der Waals surface area (Å²) in [5, 5.41) is 15.8. The van der Waals surface area contributed by atoms with Gasteiger partial charge in [-0.05, 0) is 18.9 Å². The number of rotatable bonds is 9. The molecule has 0 aromatic heterocycles. The summed E-state index contributed by atoms with van der Waals surface area (Å²) in [6, 6.07) is 9.05. The van der Waals surface area contributed by atoms with E-state index in [1.807, 2.05) is 30.3 Å². The van der Waals surface area contributed by atoms with Gasteiger partial charge in [0.15, 0.2) is 0 Å². The summed E-state index contributed by atoms with van der Waals surface area (Å²) < 4.78 is 4.91. The molecule has 0 fully saturated rings. The number of carbonyl (C=O) groups excluding carboxylic acids is 1. The average molecular weight is 280 g/mol. The maximum atomic E-state index is 11.8. The van der Waals surface area contributed by atoms with Crippen LogP contribution in [-0.4, -0.2) is 43.9 Å². The third kappa shape index (κ3) is 6.14. The summed E-state index contributed by atoms with van der Waals surface area (Å²) in [6.07, 6.45) is 0.182. The van der Waals surface area contributed by atoms with E-state index in [0.717, 1.165) is 12.0 Å². The Morgan fingerprint density at radius 3 is 2.70 bits per heavy atom. The van der Waals surface area contributed by atoms with Crippen LogP contribution in [0.15, 0.2) is 30.3 Å².